The van der Waals surface area contributed by atoms with Crippen LogP contribution < -0.4 is 15.2 Å². The van der Waals surface area contributed by atoms with Crippen molar-refractivity contribution < 1.29 is 14.3 Å². The van der Waals surface area contributed by atoms with E-state index in [1.807, 2.05) is 30.3 Å². The summed E-state index contributed by atoms with van der Waals surface area (Å²) >= 11 is 0. The molecule has 0 unspecified atom stereocenters. The molecule has 0 aliphatic heterocycles. The van der Waals surface area contributed by atoms with Crippen molar-refractivity contribution in [2.75, 3.05) is 13.7 Å². The minimum absolute atomic E-state index is 0.116. The fourth-order valence-electron chi connectivity index (χ4n) is 2.14. The number of benzene rings is 2. The topological polar surface area (TPSA) is 85.3 Å². The van der Waals surface area contributed by atoms with Crippen LogP contribution in [0.5, 0.6) is 11.5 Å². The number of carbonyl (C=O) groups is 1. The summed E-state index contributed by atoms with van der Waals surface area (Å²) in [6, 6.07) is 17.0. The molecule has 24 heavy (non-hydrogen) atoms. The molecule has 0 aromatic heterocycles. The number of rotatable bonds is 7. The third kappa shape index (κ3) is 4.62. The predicted octanol–water partition coefficient (Wildman–Crippen LogP) is 2.71. The highest BCUT2D eigenvalue weighted by molar-refractivity contribution is 6.00. The molecule has 0 atom stereocenters. The van der Waals surface area contributed by atoms with E-state index in [9.17, 15) is 4.79 Å². The van der Waals surface area contributed by atoms with E-state index in [1.165, 1.54) is 18.7 Å². The smallest absolute Gasteiger partial charge is 0.259 e. The number of carbonyl (C=O) groups excluding carboxylic acids is 1. The van der Waals surface area contributed by atoms with Gasteiger partial charge in [-0.2, -0.15) is 5.26 Å². The summed E-state index contributed by atoms with van der Waals surface area (Å²) < 4.78 is 11.1. The summed E-state index contributed by atoms with van der Waals surface area (Å²) in [7, 11) is 1.53. The van der Waals surface area contributed by atoms with E-state index in [-0.39, 0.29) is 5.57 Å². The number of primary amides is 1. The Balaban J connectivity index is 2.09. The molecule has 0 saturated carbocycles. The molecule has 122 valence electrons. The lowest BCUT2D eigenvalue weighted by Crippen LogP contribution is -2.12. The minimum Gasteiger partial charge on any atom is -0.493 e. The zero-order valence-corrected chi connectivity index (χ0v) is 13.4. The van der Waals surface area contributed by atoms with Crippen molar-refractivity contribution in [3.8, 4) is 17.6 Å². The summed E-state index contributed by atoms with van der Waals surface area (Å²) in [5.41, 5.74) is 6.84. The van der Waals surface area contributed by atoms with Crippen LogP contribution in [0.1, 0.15) is 11.1 Å². The van der Waals surface area contributed by atoms with Gasteiger partial charge in [0.25, 0.3) is 5.91 Å². The van der Waals surface area contributed by atoms with Crippen LogP contribution in [0.3, 0.4) is 0 Å². The van der Waals surface area contributed by atoms with E-state index in [0.717, 1.165) is 6.42 Å². The summed E-state index contributed by atoms with van der Waals surface area (Å²) in [5, 5.41) is 8.89. The molecule has 0 aliphatic rings. The first kappa shape index (κ1) is 17.1. The van der Waals surface area contributed by atoms with Gasteiger partial charge >= 0.3 is 0 Å². The van der Waals surface area contributed by atoms with Crippen LogP contribution in [-0.2, 0) is 11.2 Å². The van der Waals surface area contributed by atoms with Crippen LogP contribution in [0.2, 0.25) is 0 Å². The maximum absolute atomic E-state index is 11.1. The minimum atomic E-state index is -0.764. The average molecular weight is 322 g/mol. The van der Waals surface area contributed by atoms with Gasteiger partial charge in [0.05, 0.1) is 13.7 Å². The van der Waals surface area contributed by atoms with E-state index in [1.54, 1.807) is 24.3 Å². The second-order valence-electron chi connectivity index (χ2n) is 5.03. The number of hydrogen-bond donors (Lipinski definition) is 1. The highest BCUT2D eigenvalue weighted by Crippen LogP contribution is 2.29. The zero-order valence-electron chi connectivity index (χ0n) is 13.4. The Hall–Kier alpha value is -3.26. The summed E-state index contributed by atoms with van der Waals surface area (Å²) in [4.78, 5) is 11.1. The molecule has 2 rings (SSSR count). The van der Waals surface area contributed by atoms with Crippen LogP contribution in [0.15, 0.2) is 54.1 Å². The Labute approximate surface area is 140 Å². The second-order valence-corrected chi connectivity index (χ2v) is 5.03. The lowest BCUT2D eigenvalue weighted by atomic mass is 10.1. The SMILES string of the molecule is COc1cc(C=C(C#N)C(N)=O)ccc1OCCc1ccccc1. The van der Waals surface area contributed by atoms with Gasteiger partial charge in [0, 0.05) is 6.42 Å². The van der Waals surface area contributed by atoms with E-state index in [2.05, 4.69) is 0 Å². The molecular formula is C19H18N2O3. The molecule has 0 radical (unpaired) electrons. The maximum Gasteiger partial charge on any atom is 0.259 e. The van der Waals surface area contributed by atoms with Gasteiger partial charge in [-0.05, 0) is 29.3 Å². The fourth-order valence-corrected chi connectivity index (χ4v) is 2.14. The normalized spacial score (nSPS) is 10.8. The van der Waals surface area contributed by atoms with Crippen molar-refractivity contribution in [1.82, 2.24) is 0 Å². The standard InChI is InChI=1S/C19H18N2O3/c1-23-18-12-15(11-16(13-20)19(21)22)7-8-17(18)24-10-9-14-5-3-2-4-6-14/h2-8,11-12H,9-10H2,1H3,(H2,21,22). The number of amides is 1. The molecule has 0 spiro atoms. The summed E-state index contributed by atoms with van der Waals surface area (Å²) in [5.74, 6) is 0.362. The van der Waals surface area contributed by atoms with Gasteiger partial charge in [0.1, 0.15) is 11.6 Å². The van der Waals surface area contributed by atoms with E-state index in [0.29, 0.717) is 23.7 Å². The van der Waals surface area contributed by atoms with Crippen molar-refractivity contribution in [1.29, 1.82) is 5.26 Å². The Kier molecular flexibility index (Phi) is 5.98. The zero-order chi connectivity index (χ0) is 17.4. The Morgan fingerprint density at radius 1 is 1.21 bits per heavy atom. The molecule has 2 N–H and O–H groups in total. The van der Waals surface area contributed by atoms with Gasteiger partial charge in [0.2, 0.25) is 0 Å². The first-order valence-electron chi connectivity index (χ1n) is 7.40. The van der Waals surface area contributed by atoms with Crippen LogP contribution in [0.25, 0.3) is 6.08 Å². The molecule has 2 aromatic carbocycles. The van der Waals surface area contributed by atoms with Gasteiger partial charge in [0.15, 0.2) is 11.5 Å². The number of nitriles is 1. The van der Waals surface area contributed by atoms with E-state index in [4.69, 9.17) is 20.5 Å². The first-order chi connectivity index (χ1) is 11.6. The Morgan fingerprint density at radius 3 is 2.58 bits per heavy atom. The number of ether oxygens (including phenoxy) is 2. The van der Waals surface area contributed by atoms with Gasteiger partial charge in [-0.1, -0.05) is 36.4 Å². The maximum atomic E-state index is 11.1. The highest BCUT2D eigenvalue weighted by Gasteiger charge is 2.08. The molecule has 0 fully saturated rings. The molecule has 0 aliphatic carbocycles. The molecule has 0 heterocycles. The van der Waals surface area contributed by atoms with Gasteiger partial charge in [-0.3, -0.25) is 4.79 Å². The molecule has 2 aromatic rings. The third-order valence-electron chi connectivity index (χ3n) is 3.38. The van der Waals surface area contributed by atoms with Crippen LogP contribution in [0.4, 0.5) is 0 Å². The highest BCUT2D eigenvalue weighted by atomic mass is 16.5. The van der Waals surface area contributed by atoms with E-state index < -0.39 is 5.91 Å². The molecule has 0 saturated heterocycles. The van der Waals surface area contributed by atoms with Crippen molar-refractivity contribution in [3.63, 3.8) is 0 Å². The molecule has 5 nitrogen and oxygen atoms in total. The second kappa shape index (κ2) is 8.39. The quantitative estimate of drug-likeness (QED) is 0.627. The van der Waals surface area contributed by atoms with Crippen LogP contribution in [0, 0.1) is 11.3 Å². The van der Waals surface area contributed by atoms with Crippen molar-refractivity contribution in [2.45, 2.75) is 6.42 Å². The molecule has 5 heteroatoms. The lowest BCUT2D eigenvalue weighted by Gasteiger charge is -2.11. The number of methoxy groups -OCH3 is 1. The van der Waals surface area contributed by atoms with Crippen LogP contribution >= 0.6 is 0 Å². The molecule has 1 amide bonds. The van der Waals surface area contributed by atoms with Gasteiger partial charge in [-0.15, -0.1) is 0 Å². The molecular weight excluding hydrogens is 304 g/mol. The van der Waals surface area contributed by atoms with Crippen molar-refractivity contribution in [3.05, 3.63) is 65.2 Å². The average Bonchev–Trinajstić information content (AvgIpc) is 2.61. The first-order valence-corrected chi connectivity index (χ1v) is 7.40. The van der Waals surface area contributed by atoms with Crippen molar-refractivity contribution in [2.24, 2.45) is 5.73 Å². The number of hydrogen-bond acceptors (Lipinski definition) is 4. The number of nitrogens with zero attached hydrogens (tertiary/aromatic N) is 1. The lowest BCUT2D eigenvalue weighted by molar-refractivity contribution is -0.114. The summed E-state index contributed by atoms with van der Waals surface area (Å²) in [6.45, 7) is 0.514. The fraction of sp³-hybridized carbons (Fsp3) is 0.158. The van der Waals surface area contributed by atoms with E-state index >= 15 is 0 Å². The van der Waals surface area contributed by atoms with Gasteiger partial charge < -0.3 is 15.2 Å². The molecule has 0 bridgehead atoms. The Morgan fingerprint density at radius 2 is 1.96 bits per heavy atom. The van der Waals surface area contributed by atoms with Crippen molar-refractivity contribution >= 4 is 12.0 Å². The largest absolute Gasteiger partial charge is 0.493 e. The predicted molar refractivity (Wildman–Crippen MR) is 91.4 cm³/mol. The van der Waals surface area contributed by atoms with Gasteiger partial charge in [-0.25, -0.2) is 0 Å². The monoisotopic (exact) mass is 322 g/mol. The van der Waals surface area contributed by atoms with Crippen LogP contribution in [-0.4, -0.2) is 19.6 Å². The third-order valence-corrected chi connectivity index (χ3v) is 3.38. The summed E-state index contributed by atoms with van der Waals surface area (Å²) in [6.07, 6.45) is 2.20. The Bertz CT molecular complexity index is 777. The number of nitrogens with two attached hydrogens (primary N) is 1.